The van der Waals surface area contributed by atoms with Gasteiger partial charge in [0.25, 0.3) is 0 Å². The van der Waals surface area contributed by atoms with E-state index in [-0.39, 0.29) is 29.3 Å². The molecule has 14 heteroatoms. The number of methoxy groups -OCH3 is 1. The van der Waals surface area contributed by atoms with Gasteiger partial charge in [0.1, 0.15) is 77.4 Å². The van der Waals surface area contributed by atoms with Crippen molar-refractivity contribution in [2.75, 3.05) is 13.7 Å². The maximum Gasteiger partial charge on any atom is 0.229 e. The number of phenols is 1. The topological polar surface area (TPSA) is 214 Å². The molecule has 3 aliphatic rings. The Morgan fingerprint density at radius 1 is 0.833 bits per heavy atom. The third-order valence-corrected chi connectivity index (χ3v) is 7.62. The number of aliphatic hydroxyl groups is 6. The number of ketones is 1. The van der Waals surface area contributed by atoms with Crippen LogP contribution in [0.25, 0.3) is 0 Å². The second kappa shape index (κ2) is 12.3. The predicted molar refractivity (Wildman–Crippen MR) is 139 cm³/mol. The Labute approximate surface area is 240 Å². The van der Waals surface area contributed by atoms with Gasteiger partial charge in [-0.05, 0) is 24.6 Å². The van der Waals surface area contributed by atoms with Crippen LogP contribution in [0.5, 0.6) is 23.0 Å². The molecule has 0 unspecified atom stereocenters. The molecule has 7 N–H and O–H groups in total. The zero-order valence-corrected chi connectivity index (χ0v) is 22.7. The van der Waals surface area contributed by atoms with Crippen LogP contribution in [-0.2, 0) is 14.2 Å². The van der Waals surface area contributed by atoms with Crippen LogP contribution in [0.4, 0.5) is 0 Å². The van der Waals surface area contributed by atoms with Gasteiger partial charge in [0.15, 0.2) is 12.1 Å². The Hall–Kier alpha value is -3.05. The van der Waals surface area contributed by atoms with Crippen molar-refractivity contribution >= 4 is 5.78 Å². The minimum atomic E-state index is -1.75. The number of aromatic hydroxyl groups is 1. The molecule has 0 aliphatic carbocycles. The number of ether oxygens (including phenoxy) is 6. The Balaban J connectivity index is 1.29. The third kappa shape index (κ3) is 5.90. The molecule has 0 saturated carbocycles. The fourth-order valence-electron chi connectivity index (χ4n) is 5.11. The van der Waals surface area contributed by atoms with Crippen LogP contribution in [-0.4, -0.2) is 117 Å². The monoisotopic (exact) mass is 594 g/mol. The molecular weight excluding hydrogens is 560 g/mol. The van der Waals surface area contributed by atoms with Crippen molar-refractivity contribution in [3.63, 3.8) is 0 Å². The van der Waals surface area contributed by atoms with Crippen molar-refractivity contribution in [2.45, 2.75) is 80.9 Å². The number of hydrogen-bond donors (Lipinski definition) is 7. The molecule has 3 aliphatic heterocycles. The van der Waals surface area contributed by atoms with Gasteiger partial charge in [-0.1, -0.05) is 12.1 Å². The molecule has 2 aromatic rings. The highest BCUT2D eigenvalue weighted by Crippen LogP contribution is 2.42. The summed E-state index contributed by atoms with van der Waals surface area (Å²) in [6, 6.07) is 9.43. The van der Waals surface area contributed by atoms with Crippen LogP contribution in [0.3, 0.4) is 0 Å². The Bertz CT molecular complexity index is 1250. The van der Waals surface area contributed by atoms with E-state index in [4.69, 9.17) is 28.4 Å². The fraction of sp³-hybridized carbons (Fsp3) is 0.536. The van der Waals surface area contributed by atoms with Gasteiger partial charge in [-0.2, -0.15) is 0 Å². The number of carbonyl (C=O) groups is 1. The van der Waals surface area contributed by atoms with E-state index in [0.29, 0.717) is 11.3 Å². The predicted octanol–water partition coefficient (Wildman–Crippen LogP) is -0.862. The van der Waals surface area contributed by atoms with Gasteiger partial charge >= 0.3 is 0 Å². The summed E-state index contributed by atoms with van der Waals surface area (Å²) in [5.74, 6) is -0.190. The highest BCUT2D eigenvalue weighted by molar-refractivity contribution is 6.02. The van der Waals surface area contributed by atoms with Crippen LogP contribution in [0.2, 0.25) is 0 Å². The first-order valence-electron chi connectivity index (χ1n) is 13.4. The number of rotatable bonds is 7. The van der Waals surface area contributed by atoms with Crippen molar-refractivity contribution in [3.8, 4) is 23.0 Å². The van der Waals surface area contributed by atoms with Gasteiger partial charge in [0, 0.05) is 12.1 Å². The largest absolute Gasteiger partial charge is 0.507 e. The van der Waals surface area contributed by atoms with Gasteiger partial charge in [-0.25, -0.2) is 0 Å². The summed E-state index contributed by atoms with van der Waals surface area (Å²) in [6.45, 7) is 0.995. The average Bonchev–Trinajstić information content (AvgIpc) is 2.97. The van der Waals surface area contributed by atoms with Crippen LogP contribution in [0.15, 0.2) is 36.4 Å². The molecule has 0 aromatic heterocycles. The number of Topliss-reactive ketones (excluding diaryl/α,β-unsaturated/α-hetero) is 1. The smallest absolute Gasteiger partial charge is 0.229 e. The van der Waals surface area contributed by atoms with Gasteiger partial charge < -0.3 is 64.2 Å². The van der Waals surface area contributed by atoms with Crippen molar-refractivity contribution in [2.24, 2.45) is 0 Å². The van der Waals surface area contributed by atoms with Crippen molar-refractivity contribution < 1.29 is 69.0 Å². The lowest BCUT2D eigenvalue weighted by molar-refractivity contribution is -0.318. The Morgan fingerprint density at radius 2 is 1.50 bits per heavy atom. The Kier molecular flexibility index (Phi) is 8.89. The number of phenolic OH excluding ortho intramolecular Hbond substituents is 1. The summed E-state index contributed by atoms with van der Waals surface area (Å²) in [4.78, 5) is 12.9. The lowest BCUT2D eigenvalue weighted by Gasteiger charge is -2.42. The summed E-state index contributed by atoms with van der Waals surface area (Å²) in [5, 5.41) is 72.1. The van der Waals surface area contributed by atoms with E-state index in [1.54, 1.807) is 24.3 Å². The molecule has 2 fully saturated rings. The van der Waals surface area contributed by atoms with Crippen molar-refractivity contribution in [1.29, 1.82) is 0 Å². The van der Waals surface area contributed by atoms with E-state index in [1.165, 1.54) is 20.1 Å². The minimum Gasteiger partial charge on any atom is -0.507 e. The molecule has 2 aromatic carbocycles. The minimum absolute atomic E-state index is 0.0164. The van der Waals surface area contributed by atoms with Crippen molar-refractivity contribution in [3.05, 3.63) is 47.5 Å². The number of fused-ring (bicyclic) bond motifs is 1. The molecule has 2 saturated heterocycles. The molecule has 230 valence electrons. The maximum atomic E-state index is 12.9. The molecule has 11 atom stereocenters. The van der Waals surface area contributed by atoms with Gasteiger partial charge in [-0.15, -0.1) is 0 Å². The highest BCUT2D eigenvalue weighted by Gasteiger charge is 2.47. The zero-order valence-electron chi connectivity index (χ0n) is 22.7. The number of hydrogen-bond acceptors (Lipinski definition) is 14. The first-order valence-corrected chi connectivity index (χ1v) is 13.4. The van der Waals surface area contributed by atoms with Crippen LogP contribution in [0, 0.1) is 0 Å². The van der Waals surface area contributed by atoms with Gasteiger partial charge in [0.2, 0.25) is 6.29 Å². The molecular formula is C28H34O14. The lowest BCUT2D eigenvalue weighted by atomic mass is 9.95. The molecule has 0 radical (unpaired) electrons. The second-order valence-corrected chi connectivity index (χ2v) is 10.5. The van der Waals surface area contributed by atoms with E-state index in [0.717, 1.165) is 6.07 Å². The zero-order chi connectivity index (χ0) is 30.3. The van der Waals surface area contributed by atoms with Gasteiger partial charge in [-0.3, -0.25) is 4.79 Å². The van der Waals surface area contributed by atoms with Crippen LogP contribution < -0.4 is 14.2 Å². The quantitative estimate of drug-likeness (QED) is 0.208. The number of aliphatic hydroxyl groups excluding tert-OH is 6. The van der Waals surface area contributed by atoms with Crippen LogP contribution >= 0.6 is 0 Å². The summed E-state index contributed by atoms with van der Waals surface area (Å²) in [7, 11) is 1.53. The summed E-state index contributed by atoms with van der Waals surface area (Å²) in [6.07, 6.45) is -15.4. The Morgan fingerprint density at radius 3 is 2.19 bits per heavy atom. The SMILES string of the molecule is COc1ccc([C@@H]2CC(=O)c3c(O)cc(O[C@@H]4O[C@H](CO[C@@H]5O[C@@H](C)[C@H](O)[C@@H](O)[C@H]5O)[C@@H](O)[C@H](O)[C@H]4O)cc3O2)cc1. The molecule has 0 spiro atoms. The third-order valence-electron chi connectivity index (χ3n) is 7.62. The van der Waals surface area contributed by atoms with Crippen LogP contribution in [0.1, 0.15) is 35.4 Å². The molecule has 5 rings (SSSR count). The molecule has 3 heterocycles. The normalized spacial score (nSPS) is 36.6. The lowest BCUT2D eigenvalue weighted by Crippen LogP contribution is -2.61. The van der Waals surface area contributed by atoms with E-state index < -0.39 is 79.9 Å². The maximum absolute atomic E-state index is 12.9. The van der Waals surface area contributed by atoms with E-state index in [2.05, 4.69) is 0 Å². The number of carbonyl (C=O) groups excluding carboxylic acids is 1. The molecule has 14 nitrogen and oxygen atoms in total. The standard InChI is InChI=1S/C28H34O14/c1-11-21(31)23(33)25(35)27(39-11)38-10-19-22(32)24(34)26(36)28(42-19)40-14-7-15(29)20-16(30)9-17(41-18(20)8-14)12-3-5-13(37-2)6-4-12/h3-8,11,17,19,21-29,31-36H,9-10H2,1-2H3/t11-,17-,19+,21-,22+,23+,24-,25+,26+,27+,28+/m0/s1. The fourth-order valence-corrected chi connectivity index (χ4v) is 5.11. The van der Waals surface area contributed by atoms with E-state index in [9.17, 15) is 40.5 Å². The summed E-state index contributed by atoms with van der Waals surface area (Å²) in [5.41, 5.74) is 0.668. The molecule has 0 bridgehead atoms. The van der Waals surface area contributed by atoms with Crippen molar-refractivity contribution in [1.82, 2.24) is 0 Å². The summed E-state index contributed by atoms with van der Waals surface area (Å²) < 4.78 is 33.4. The summed E-state index contributed by atoms with van der Waals surface area (Å²) >= 11 is 0. The number of benzene rings is 2. The molecule has 42 heavy (non-hydrogen) atoms. The molecule has 0 amide bonds. The average molecular weight is 595 g/mol. The second-order valence-electron chi connectivity index (χ2n) is 10.5. The highest BCUT2D eigenvalue weighted by atomic mass is 16.7. The first kappa shape index (κ1) is 30.4. The van der Waals surface area contributed by atoms with Gasteiger partial charge in [0.05, 0.1) is 26.2 Å². The van der Waals surface area contributed by atoms with E-state index >= 15 is 0 Å². The first-order chi connectivity index (χ1) is 20.0. The van der Waals surface area contributed by atoms with E-state index in [1.807, 2.05) is 0 Å².